The summed E-state index contributed by atoms with van der Waals surface area (Å²) in [6.45, 7) is 1.72. The fourth-order valence-electron chi connectivity index (χ4n) is 1.78. The van der Waals surface area contributed by atoms with Gasteiger partial charge < -0.3 is 15.8 Å². The summed E-state index contributed by atoms with van der Waals surface area (Å²) in [6, 6.07) is 14.0. The lowest BCUT2D eigenvalue weighted by molar-refractivity contribution is -0.118. The Morgan fingerprint density at radius 1 is 1.33 bits per heavy atom. The molecule has 0 aliphatic carbocycles. The number of hydrogen-bond donors (Lipinski definition) is 2. The van der Waals surface area contributed by atoms with Crippen LogP contribution in [0.15, 0.2) is 42.5 Å². The minimum atomic E-state index is -0.289. The molecule has 3 N–H and O–H groups in total. The van der Waals surface area contributed by atoms with Crippen LogP contribution in [-0.4, -0.2) is 12.5 Å². The van der Waals surface area contributed by atoms with Crippen molar-refractivity contribution in [3.8, 4) is 11.8 Å². The number of nitrogens with two attached hydrogens (primary N) is 1. The smallest absolute Gasteiger partial charge is 0.262 e. The van der Waals surface area contributed by atoms with E-state index >= 15 is 0 Å². The number of nitrogens with zero attached hydrogens (tertiary/aromatic N) is 1. The molecule has 0 unspecified atom stereocenters. The molecule has 1 amide bonds. The Bertz CT molecular complexity index is 705. The molecular formula is C16H15N3O2. The number of carbonyl (C=O) groups is 1. The maximum absolute atomic E-state index is 11.8. The summed E-state index contributed by atoms with van der Waals surface area (Å²) in [5, 5.41) is 11.5. The first-order valence-corrected chi connectivity index (χ1v) is 6.37. The number of aryl methyl sites for hydroxylation is 1. The molecule has 0 spiro atoms. The maximum atomic E-state index is 11.8. The predicted octanol–water partition coefficient (Wildman–Crippen LogP) is 2.47. The zero-order chi connectivity index (χ0) is 15.2. The molecule has 0 aliphatic rings. The van der Waals surface area contributed by atoms with Gasteiger partial charge in [-0.25, -0.2) is 0 Å². The number of nitriles is 1. The Hall–Kier alpha value is -3.00. The van der Waals surface area contributed by atoms with Gasteiger partial charge in [0.2, 0.25) is 0 Å². The normalized spacial score (nSPS) is 9.71. The summed E-state index contributed by atoms with van der Waals surface area (Å²) in [4.78, 5) is 11.8. The molecule has 0 aliphatic heterocycles. The van der Waals surface area contributed by atoms with E-state index < -0.39 is 0 Å². The van der Waals surface area contributed by atoms with E-state index in [1.54, 1.807) is 42.5 Å². The molecule has 0 saturated heterocycles. The van der Waals surface area contributed by atoms with Gasteiger partial charge in [0.1, 0.15) is 5.75 Å². The van der Waals surface area contributed by atoms with Gasteiger partial charge >= 0.3 is 0 Å². The molecule has 0 fully saturated rings. The Kier molecular flexibility index (Phi) is 4.42. The standard InChI is InChI=1S/C16H15N3O2/c1-11-5-6-12(9-17)7-15(11)21-10-16(20)19-14-4-2-3-13(18)8-14/h2-8H,10,18H2,1H3,(H,19,20). The fourth-order valence-corrected chi connectivity index (χ4v) is 1.78. The van der Waals surface area contributed by atoms with Crippen LogP contribution in [0.5, 0.6) is 5.75 Å². The zero-order valence-corrected chi connectivity index (χ0v) is 11.6. The third kappa shape index (κ3) is 3.98. The quantitative estimate of drug-likeness (QED) is 0.843. The summed E-state index contributed by atoms with van der Waals surface area (Å²) in [6.07, 6.45) is 0. The summed E-state index contributed by atoms with van der Waals surface area (Å²) >= 11 is 0. The van der Waals surface area contributed by atoms with Gasteiger partial charge in [-0.15, -0.1) is 0 Å². The van der Waals surface area contributed by atoms with Crippen LogP contribution in [0.3, 0.4) is 0 Å². The lowest BCUT2D eigenvalue weighted by Crippen LogP contribution is -2.20. The van der Waals surface area contributed by atoms with Crippen LogP contribution in [0.2, 0.25) is 0 Å². The van der Waals surface area contributed by atoms with Crippen molar-refractivity contribution in [2.75, 3.05) is 17.7 Å². The van der Waals surface area contributed by atoms with Gasteiger partial charge in [-0.1, -0.05) is 12.1 Å². The first-order valence-electron chi connectivity index (χ1n) is 6.37. The fraction of sp³-hybridized carbons (Fsp3) is 0.125. The minimum Gasteiger partial charge on any atom is -0.483 e. The Balaban J connectivity index is 1.97. The van der Waals surface area contributed by atoms with Gasteiger partial charge in [0, 0.05) is 11.4 Å². The van der Waals surface area contributed by atoms with Crippen LogP contribution < -0.4 is 15.8 Å². The number of ether oxygens (including phenoxy) is 1. The molecule has 0 bridgehead atoms. The second-order valence-electron chi connectivity index (χ2n) is 4.55. The lowest BCUT2D eigenvalue weighted by Gasteiger charge is -2.10. The Morgan fingerprint density at radius 2 is 2.14 bits per heavy atom. The largest absolute Gasteiger partial charge is 0.483 e. The van der Waals surface area contributed by atoms with Crippen molar-refractivity contribution in [2.45, 2.75) is 6.92 Å². The third-order valence-electron chi connectivity index (χ3n) is 2.85. The van der Waals surface area contributed by atoms with Crippen molar-refractivity contribution in [1.29, 1.82) is 5.26 Å². The molecule has 2 aromatic carbocycles. The van der Waals surface area contributed by atoms with E-state index in [4.69, 9.17) is 15.7 Å². The number of anilines is 2. The van der Waals surface area contributed by atoms with E-state index in [0.29, 0.717) is 22.7 Å². The summed E-state index contributed by atoms with van der Waals surface area (Å²) in [5.74, 6) is 0.235. The molecule has 2 aromatic rings. The second-order valence-corrected chi connectivity index (χ2v) is 4.55. The number of hydrogen-bond acceptors (Lipinski definition) is 4. The van der Waals surface area contributed by atoms with E-state index in [0.717, 1.165) is 5.56 Å². The maximum Gasteiger partial charge on any atom is 0.262 e. The molecule has 0 saturated carbocycles. The summed E-state index contributed by atoms with van der Waals surface area (Å²) in [7, 11) is 0. The number of amides is 1. The molecule has 0 radical (unpaired) electrons. The van der Waals surface area contributed by atoms with Gasteiger partial charge in [-0.3, -0.25) is 4.79 Å². The van der Waals surface area contributed by atoms with Crippen LogP contribution in [0.1, 0.15) is 11.1 Å². The summed E-state index contributed by atoms with van der Waals surface area (Å²) in [5.41, 5.74) is 8.19. The zero-order valence-electron chi connectivity index (χ0n) is 11.6. The topological polar surface area (TPSA) is 88.1 Å². The van der Waals surface area contributed by atoms with Crippen molar-refractivity contribution in [3.05, 3.63) is 53.6 Å². The number of benzene rings is 2. The van der Waals surface area contributed by atoms with Gasteiger partial charge in [-0.05, 0) is 42.8 Å². The average molecular weight is 281 g/mol. The van der Waals surface area contributed by atoms with Crippen LogP contribution in [-0.2, 0) is 4.79 Å². The predicted molar refractivity (Wildman–Crippen MR) is 80.9 cm³/mol. The molecule has 5 heteroatoms. The van der Waals surface area contributed by atoms with Gasteiger partial charge in [0.05, 0.1) is 11.6 Å². The van der Waals surface area contributed by atoms with Crippen LogP contribution in [0.4, 0.5) is 11.4 Å². The number of nitrogens with one attached hydrogen (secondary N) is 1. The molecule has 0 aromatic heterocycles. The molecule has 0 atom stereocenters. The Morgan fingerprint density at radius 3 is 2.86 bits per heavy atom. The Labute approximate surface area is 123 Å². The minimum absolute atomic E-state index is 0.134. The monoisotopic (exact) mass is 281 g/mol. The van der Waals surface area contributed by atoms with Gasteiger partial charge in [0.25, 0.3) is 5.91 Å². The van der Waals surface area contributed by atoms with E-state index in [2.05, 4.69) is 5.32 Å². The second kappa shape index (κ2) is 6.44. The van der Waals surface area contributed by atoms with Crippen molar-refractivity contribution in [1.82, 2.24) is 0 Å². The van der Waals surface area contributed by atoms with Gasteiger partial charge in [0.15, 0.2) is 6.61 Å². The highest BCUT2D eigenvalue weighted by atomic mass is 16.5. The van der Waals surface area contributed by atoms with E-state index in [1.807, 2.05) is 13.0 Å². The SMILES string of the molecule is Cc1ccc(C#N)cc1OCC(=O)Nc1cccc(N)c1. The molecule has 2 rings (SSSR count). The van der Waals surface area contributed by atoms with E-state index in [-0.39, 0.29) is 12.5 Å². The van der Waals surface area contributed by atoms with Crippen molar-refractivity contribution in [3.63, 3.8) is 0 Å². The highest BCUT2D eigenvalue weighted by Crippen LogP contribution is 2.19. The number of carbonyl (C=O) groups excluding carboxylic acids is 1. The van der Waals surface area contributed by atoms with Crippen LogP contribution in [0, 0.1) is 18.3 Å². The molecule has 106 valence electrons. The molecule has 21 heavy (non-hydrogen) atoms. The van der Waals surface area contributed by atoms with Crippen molar-refractivity contribution >= 4 is 17.3 Å². The van der Waals surface area contributed by atoms with Crippen LogP contribution in [0.25, 0.3) is 0 Å². The van der Waals surface area contributed by atoms with E-state index in [9.17, 15) is 4.79 Å². The molecular weight excluding hydrogens is 266 g/mol. The van der Waals surface area contributed by atoms with Crippen molar-refractivity contribution < 1.29 is 9.53 Å². The first-order chi connectivity index (χ1) is 10.1. The van der Waals surface area contributed by atoms with E-state index in [1.165, 1.54) is 0 Å². The van der Waals surface area contributed by atoms with Crippen molar-refractivity contribution in [2.24, 2.45) is 0 Å². The third-order valence-corrected chi connectivity index (χ3v) is 2.85. The highest BCUT2D eigenvalue weighted by Gasteiger charge is 2.06. The average Bonchev–Trinajstić information content (AvgIpc) is 2.46. The van der Waals surface area contributed by atoms with Gasteiger partial charge in [-0.2, -0.15) is 5.26 Å². The lowest BCUT2D eigenvalue weighted by atomic mass is 10.1. The van der Waals surface area contributed by atoms with Crippen LogP contribution >= 0.6 is 0 Å². The molecule has 0 heterocycles. The highest BCUT2D eigenvalue weighted by molar-refractivity contribution is 5.92. The number of nitrogen functional groups attached to an aromatic ring is 1. The number of rotatable bonds is 4. The first kappa shape index (κ1) is 14.4. The summed E-state index contributed by atoms with van der Waals surface area (Å²) < 4.78 is 5.45. The molecule has 5 nitrogen and oxygen atoms in total.